The largest absolute Gasteiger partial charge is 0.358 e. The van der Waals surface area contributed by atoms with E-state index in [1.165, 1.54) is 36.0 Å². The number of likely N-dealkylation sites (tertiary alicyclic amines) is 1. The first-order valence-electron chi connectivity index (χ1n) is 6.10. The number of aromatic amines is 1. The number of rotatable bonds is 2. The van der Waals surface area contributed by atoms with E-state index in [0.717, 1.165) is 12.5 Å². The molecule has 1 atom stereocenters. The van der Waals surface area contributed by atoms with Gasteiger partial charge in [-0.25, -0.2) is 0 Å². The van der Waals surface area contributed by atoms with Crippen molar-refractivity contribution in [1.82, 2.24) is 9.88 Å². The van der Waals surface area contributed by atoms with E-state index in [2.05, 4.69) is 47.3 Å². The maximum absolute atomic E-state index is 3.52. The lowest BCUT2D eigenvalue weighted by molar-refractivity contribution is 0.308. The van der Waals surface area contributed by atoms with Crippen molar-refractivity contribution in [2.45, 2.75) is 25.3 Å². The lowest BCUT2D eigenvalue weighted by atomic mass is 10.1. The Hall–Kier alpha value is -1.28. The summed E-state index contributed by atoms with van der Waals surface area (Å²) in [4.78, 5) is 5.99. The van der Waals surface area contributed by atoms with Crippen LogP contribution in [0.15, 0.2) is 30.3 Å². The minimum absolute atomic E-state index is 0.730. The number of para-hydroxylation sites is 1. The Bertz CT molecular complexity index is 453. The van der Waals surface area contributed by atoms with Crippen molar-refractivity contribution in [3.05, 3.63) is 36.0 Å². The molecule has 2 aromatic rings. The van der Waals surface area contributed by atoms with Gasteiger partial charge in [-0.2, -0.15) is 0 Å². The Balaban J connectivity index is 1.83. The fourth-order valence-corrected chi connectivity index (χ4v) is 2.73. The van der Waals surface area contributed by atoms with Crippen molar-refractivity contribution < 1.29 is 0 Å². The summed E-state index contributed by atoms with van der Waals surface area (Å²) in [5.74, 6) is 0. The standard InChI is InChI=1S/C14H18N2/c1-16-8-4-6-13(16)10-12-9-11-5-2-3-7-14(11)15-12/h2-3,5,7,9,13,15H,4,6,8,10H2,1H3/t13-/m0/s1. The Morgan fingerprint density at radius 1 is 1.38 bits per heavy atom. The summed E-state index contributed by atoms with van der Waals surface area (Å²) in [6.45, 7) is 1.25. The molecule has 3 rings (SSSR count). The van der Waals surface area contributed by atoms with Crippen LogP contribution < -0.4 is 0 Å². The molecule has 0 amide bonds. The molecule has 2 nitrogen and oxygen atoms in total. The zero-order chi connectivity index (χ0) is 11.0. The number of fused-ring (bicyclic) bond motifs is 1. The van der Waals surface area contributed by atoms with Crippen LogP contribution in [0.1, 0.15) is 18.5 Å². The summed E-state index contributed by atoms with van der Waals surface area (Å²) < 4.78 is 0. The molecule has 2 heteroatoms. The van der Waals surface area contributed by atoms with Gasteiger partial charge in [-0.1, -0.05) is 18.2 Å². The van der Waals surface area contributed by atoms with Gasteiger partial charge in [-0.3, -0.25) is 0 Å². The number of likely N-dealkylation sites (N-methyl/N-ethyl adjacent to an activating group) is 1. The first kappa shape index (κ1) is 9.91. The summed E-state index contributed by atoms with van der Waals surface area (Å²) in [5.41, 5.74) is 2.64. The third-order valence-corrected chi connectivity index (χ3v) is 3.71. The predicted octanol–water partition coefficient (Wildman–Crippen LogP) is 2.80. The van der Waals surface area contributed by atoms with Crippen molar-refractivity contribution >= 4 is 10.9 Å². The predicted molar refractivity (Wildman–Crippen MR) is 67.7 cm³/mol. The van der Waals surface area contributed by atoms with E-state index in [0.29, 0.717) is 0 Å². The fraction of sp³-hybridized carbons (Fsp3) is 0.429. The Morgan fingerprint density at radius 2 is 2.25 bits per heavy atom. The molecule has 0 aliphatic carbocycles. The number of hydrogen-bond acceptors (Lipinski definition) is 1. The van der Waals surface area contributed by atoms with E-state index < -0.39 is 0 Å². The molecule has 0 spiro atoms. The summed E-state index contributed by atoms with van der Waals surface area (Å²) in [7, 11) is 2.24. The Kier molecular flexibility index (Phi) is 2.44. The second-order valence-corrected chi connectivity index (χ2v) is 4.86. The summed E-state index contributed by atoms with van der Waals surface area (Å²) in [6.07, 6.45) is 3.85. The van der Waals surface area contributed by atoms with Crippen molar-refractivity contribution in [2.24, 2.45) is 0 Å². The first-order chi connectivity index (χ1) is 7.83. The van der Waals surface area contributed by atoms with Gasteiger partial charge in [0.2, 0.25) is 0 Å². The molecule has 0 unspecified atom stereocenters. The minimum atomic E-state index is 0.730. The topological polar surface area (TPSA) is 19.0 Å². The average molecular weight is 214 g/mol. The van der Waals surface area contributed by atoms with Crippen molar-refractivity contribution in [2.75, 3.05) is 13.6 Å². The van der Waals surface area contributed by atoms with E-state index >= 15 is 0 Å². The molecule has 84 valence electrons. The fourth-order valence-electron chi connectivity index (χ4n) is 2.73. The van der Waals surface area contributed by atoms with Crippen LogP contribution in [0.4, 0.5) is 0 Å². The quantitative estimate of drug-likeness (QED) is 0.814. The number of nitrogens with one attached hydrogen (secondary N) is 1. The Morgan fingerprint density at radius 3 is 3.00 bits per heavy atom. The van der Waals surface area contributed by atoms with Gasteiger partial charge in [0.25, 0.3) is 0 Å². The molecule has 1 fully saturated rings. The van der Waals surface area contributed by atoms with Crippen LogP contribution in [0.2, 0.25) is 0 Å². The van der Waals surface area contributed by atoms with E-state index in [1.807, 2.05) is 0 Å². The van der Waals surface area contributed by atoms with Crippen LogP contribution in [-0.2, 0) is 6.42 Å². The van der Waals surface area contributed by atoms with Crippen LogP contribution in [-0.4, -0.2) is 29.5 Å². The van der Waals surface area contributed by atoms with E-state index in [4.69, 9.17) is 0 Å². The number of benzene rings is 1. The third-order valence-electron chi connectivity index (χ3n) is 3.71. The van der Waals surface area contributed by atoms with E-state index in [1.54, 1.807) is 0 Å². The first-order valence-corrected chi connectivity index (χ1v) is 6.10. The normalized spacial score (nSPS) is 21.9. The van der Waals surface area contributed by atoms with Crippen LogP contribution in [0.5, 0.6) is 0 Å². The monoisotopic (exact) mass is 214 g/mol. The SMILES string of the molecule is CN1CCC[C@H]1Cc1cc2ccccc2[nH]1. The highest BCUT2D eigenvalue weighted by Crippen LogP contribution is 2.21. The molecule has 1 saturated heterocycles. The van der Waals surface area contributed by atoms with Crippen LogP contribution in [0, 0.1) is 0 Å². The Labute approximate surface area is 96.3 Å². The number of H-pyrrole nitrogens is 1. The zero-order valence-corrected chi connectivity index (χ0v) is 9.74. The third kappa shape index (κ3) is 1.74. The van der Waals surface area contributed by atoms with Crippen molar-refractivity contribution in [1.29, 1.82) is 0 Å². The average Bonchev–Trinajstić information content (AvgIpc) is 2.85. The molecule has 0 radical (unpaired) electrons. The number of hydrogen-bond donors (Lipinski definition) is 1. The molecule has 0 bridgehead atoms. The van der Waals surface area contributed by atoms with Gasteiger partial charge < -0.3 is 9.88 Å². The van der Waals surface area contributed by atoms with Gasteiger partial charge in [0, 0.05) is 23.7 Å². The number of nitrogens with zero attached hydrogens (tertiary/aromatic N) is 1. The van der Waals surface area contributed by atoms with E-state index in [9.17, 15) is 0 Å². The van der Waals surface area contributed by atoms with Gasteiger partial charge in [0.1, 0.15) is 0 Å². The van der Waals surface area contributed by atoms with Crippen molar-refractivity contribution in [3.8, 4) is 0 Å². The molecule has 2 heterocycles. The second-order valence-electron chi connectivity index (χ2n) is 4.86. The van der Waals surface area contributed by atoms with Gasteiger partial charge in [0.05, 0.1) is 0 Å². The maximum Gasteiger partial charge on any atom is 0.0456 e. The molecule has 16 heavy (non-hydrogen) atoms. The molecule has 1 N–H and O–H groups in total. The summed E-state index contributed by atoms with van der Waals surface area (Å²) >= 11 is 0. The van der Waals surface area contributed by atoms with Crippen LogP contribution in [0.3, 0.4) is 0 Å². The second kappa shape index (κ2) is 3.95. The highest BCUT2D eigenvalue weighted by atomic mass is 15.1. The van der Waals surface area contributed by atoms with Gasteiger partial charge in [-0.15, -0.1) is 0 Å². The molecule has 1 aliphatic heterocycles. The molecule has 1 aromatic carbocycles. The lowest BCUT2D eigenvalue weighted by Gasteiger charge is -2.18. The molecule has 0 saturated carbocycles. The minimum Gasteiger partial charge on any atom is -0.358 e. The molecular weight excluding hydrogens is 196 g/mol. The van der Waals surface area contributed by atoms with Crippen LogP contribution >= 0.6 is 0 Å². The lowest BCUT2D eigenvalue weighted by Crippen LogP contribution is -2.26. The van der Waals surface area contributed by atoms with Gasteiger partial charge >= 0.3 is 0 Å². The summed E-state index contributed by atoms with van der Waals surface area (Å²) in [6, 6.07) is 11.5. The van der Waals surface area contributed by atoms with Crippen molar-refractivity contribution in [3.63, 3.8) is 0 Å². The molecule has 1 aromatic heterocycles. The molecule has 1 aliphatic rings. The molecular formula is C14H18N2. The smallest absolute Gasteiger partial charge is 0.0456 e. The van der Waals surface area contributed by atoms with Gasteiger partial charge in [0.15, 0.2) is 0 Å². The number of aromatic nitrogens is 1. The van der Waals surface area contributed by atoms with Crippen LogP contribution in [0.25, 0.3) is 10.9 Å². The van der Waals surface area contributed by atoms with Gasteiger partial charge in [-0.05, 0) is 44.0 Å². The highest BCUT2D eigenvalue weighted by molar-refractivity contribution is 5.80. The summed E-state index contributed by atoms with van der Waals surface area (Å²) in [5, 5.41) is 1.33. The van der Waals surface area contributed by atoms with E-state index in [-0.39, 0.29) is 0 Å². The zero-order valence-electron chi connectivity index (χ0n) is 9.74. The highest BCUT2D eigenvalue weighted by Gasteiger charge is 2.21. The maximum atomic E-state index is 3.52.